The van der Waals surface area contributed by atoms with E-state index >= 15 is 0 Å². The van der Waals surface area contributed by atoms with Gasteiger partial charge in [-0.2, -0.15) is 0 Å². The molecule has 0 aliphatic carbocycles. The molecule has 1 saturated heterocycles. The van der Waals surface area contributed by atoms with E-state index in [0.29, 0.717) is 29.9 Å². The Balaban J connectivity index is 1.85. The van der Waals surface area contributed by atoms with Crippen molar-refractivity contribution < 1.29 is 18.3 Å². The van der Waals surface area contributed by atoms with Gasteiger partial charge in [-0.25, -0.2) is 8.42 Å². The highest BCUT2D eigenvalue weighted by Gasteiger charge is 2.29. The summed E-state index contributed by atoms with van der Waals surface area (Å²) < 4.78 is 24.8. The molecule has 3 rings (SSSR count). The molecule has 2 aromatic rings. The van der Waals surface area contributed by atoms with Crippen LogP contribution in [0.4, 0.5) is 0 Å². The Labute approximate surface area is 152 Å². The first-order valence-corrected chi connectivity index (χ1v) is 10.5. The summed E-state index contributed by atoms with van der Waals surface area (Å²) in [5.74, 6) is 0.411. The number of pyridine rings is 1. The number of carbonyl (C=O) groups excluding carboxylic acids is 1. The van der Waals surface area contributed by atoms with Gasteiger partial charge in [0.25, 0.3) is 5.91 Å². The topological polar surface area (TPSA) is 105 Å². The van der Waals surface area contributed by atoms with Crippen molar-refractivity contribution in [1.82, 2.24) is 19.5 Å². The van der Waals surface area contributed by atoms with Crippen LogP contribution >= 0.6 is 0 Å². The number of hydrogen-bond acceptors (Lipinski definition) is 6. The minimum atomic E-state index is -2.97. The summed E-state index contributed by atoms with van der Waals surface area (Å²) in [6.45, 7) is 3.76. The van der Waals surface area contributed by atoms with Crippen LogP contribution in [0.3, 0.4) is 0 Å². The van der Waals surface area contributed by atoms with Crippen molar-refractivity contribution >= 4 is 21.4 Å². The number of fused-ring (bicyclic) bond motifs is 1. The highest BCUT2D eigenvalue weighted by molar-refractivity contribution is 7.91. The fourth-order valence-electron chi connectivity index (χ4n) is 3.17. The van der Waals surface area contributed by atoms with Crippen molar-refractivity contribution in [2.75, 3.05) is 18.6 Å². The van der Waals surface area contributed by atoms with Gasteiger partial charge < -0.3 is 10.0 Å². The van der Waals surface area contributed by atoms with Gasteiger partial charge in [0.15, 0.2) is 11.5 Å². The third-order valence-corrected chi connectivity index (χ3v) is 6.68. The Morgan fingerprint density at radius 1 is 1.27 bits per heavy atom. The summed E-state index contributed by atoms with van der Waals surface area (Å²) in [4.78, 5) is 14.5. The van der Waals surface area contributed by atoms with Crippen LogP contribution in [0.25, 0.3) is 5.65 Å². The van der Waals surface area contributed by atoms with Crippen LogP contribution in [0.5, 0.6) is 0 Å². The number of carbonyl (C=O) groups is 1. The first-order chi connectivity index (χ1) is 12.2. The zero-order chi connectivity index (χ0) is 19.1. The molecule has 1 N–H and O–H groups in total. The zero-order valence-corrected chi connectivity index (χ0v) is 16.0. The molecule has 9 heteroatoms. The maximum absolute atomic E-state index is 12.8. The predicted molar refractivity (Wildman–Crippen MR) is 96.6 cm³/mol. The molecule has 2 aromatic heterocycles. The first kappa shape index (κ1) is 18.8. The van der Waals surface area contributed by atoms with Gasteiger partial charge >= 0.3 is 0 Å². The zero-order valence-electron chi connectivity index (χ0n) is 15.2. The second kappa shape index (κ2) is 6.96. The van der Waals surface area contributed by atoms with Crippen molar-refractivity contribution in [1.29, 1.82) is 0 Å². The summed E-state index contributed by atoms with van der Waals surface area (Å²) in [5, 5.41) is 18.4. The Kier molecular flexibility index (Phi) is 5.03. The molecule has 142 valence electrons. The fraction of sp³-hybridized carbons (Fsp3) is 0.588. The quantitative estimate of drug-likeness (QED) is 0.851. The molecule has 8 nitrogen and oxygen atoms in total. The number of rotatable bonds is 4. The molecule has 0 bridgehead atoms. The van der Waals surface area contributed by atoms with Crippen LogP contribution in [0.1, 0.15) is 49.0 Å². The highest BCUT2D eigenvalue weighted by atomic mass is 32.2. The molecular formula is C17H24N4O4S. The molecule has 1 atom stereocenters. The lowest BCUT2D eigenvalue weighted by Crippen LogP contribution is -2.42. The van der Waals surface area contributed by atoms with Gasteiger partial charge in [-0.3, -0.25) is 9.20 Å². The summed E-state index contributed by atoms with van der Waals surface area (Å²) in [7, 11) is -1.27. The van der Waals surface area contributed by atoms with Gasteiger partial charge in [0, 0.05) is 19.3 Å². The smallest absolute Gasteiger partial charge is 0.255 e. The fourth-order valence-corrected chi connectivity index (χ4v) is 4.64. The van der Waals surface area contributed by atoms with E-state index in [1.165, 1.54) is 0 Å². The second-order valence-corrected chi connectivity index (χ2v) is 9.50. The van der Waals surface area contributed by atoms with Gasteiger partial charge in [-0.15, -0.1) is 10.2 Å². The van der Waals surface area contributed by atoms with Crippen molar-refractivity contribution in [3.8, 4) is 0 Å². The number of amides is 1. The van der Waals surface area contributed by atoms with E-state index in [9.17, 15) is 18.3 Å². The van der Waals surface area contributed by atoms with Crippen LogP contribution < -0.4 is 0 Å². The van der Waals surface area contributed by atoms with Gasteiger partial charge in [0.05, 0.1) is 17.1 Å². The average molecular weight is 380 g/mol. The van der Waals surface area contributed by atoms with Crippen LogP contribution in [0.2, 0.25) is 0 Å². The molecule has 1 unspecified atom stereocenters. The van der Waals surface area contributed by atoms with Gasteiger partial charge in [0.2, 0.25) is 0 Å². The molecular weight excluding hydrogens is 356 g/mol. The second-order valence-electron chi connectivity index (χ2n) is 7.19. The van der Waals surface area contributed by atoms with E-state index in [-0.39, 0.29) is 29.4 Å². The lowest BCUT2D eigenvalue weighted by atomic mass is 10.1. The van der Waals surface area contributed by atoms with Crippen molar-refractivity contribution in [2.24, 2.45) is 5.92 Å². The SMILES string of the molecule is CC(C)C(O)c1nnc2ccc(C(=O)N(C)C3CCS(=O)(=O)CC3)cn12. The molecule has 0 saturated carbocycles. The van der Waals surface area contributed by atoms with Crippen LogP contribution in [-0.2, 0) is 9.84 Å². The van der Waals surface area contributed by atoms with E-state index in [1.807, 2.05) is 13.8 Å². The van der Waals surface area contributed by atoms with E-state index in [2.05, 4.69) is 10.2 Å². The Morgan fingerprint density at radius 3 is 2.54 bits per heavy atom. The summed E-state index contributed by atoms with van der Waals surface area (Å²) in [6.07, 6.45) is 1.76. The molecule has 0 radical (unpaired) electrons. The third kappa shape index (κ3) is 3.59. The van der Waals surface area contributed by atoms with E-state index in [1.54, 1.807) is 34.7 Å². The molecule has 26 heavy (non-hydrogen) atoms. The standard InChI is InChI=1S/C17H24N4O4S/c1-11(2)15(22)16-19-18-14-5-4-12(10-21(14)16)17(23)20(3)13-6-8-26(24,25)9-7-13/h4-5,10-11,13,15,22H,6-9H2,1-3H3. The van der Waals surface area contributed by atoms with Crippen LogP contribution in [-0.4, -0.2) is 63.5 Å². The molecule has 1 aliphatic rings. The number of aromatic nitrogens is 3. The number of hydrogen-bond donors (Lipinski definition) is 1. The normalized spacial score (nSPS) is 19.0. The molecule has 1 amide bonds. The molecule has 1 fully saturated rings. The number of aliphatic hydroxyl groups excluding tert-OH is 1. The Bertz CT molecular complexity index is 908. The molecule has 0 aromatic carbocycles. The van der Waals surface area contributed by atoms with Gasteiger partial charge in [0.1, 0.15) is 15.9 Å². The maximum Gasteiger partial charge on any atom is 0.255 e. The van der Waals surface area contributed by atoms with E-state index in [0.717, 1.165) is 0 Å². The monoisotopic (exact) mass is 380 g/mol. The highest BCUT2D eigenvalue weighted by Crippen LogP contribution is 2.22. The Morgan fingerprint density at radius 2 is 1.92 bits per heavy atom. The number of aliphatic hydroxyl groups is 1. The average Bonchev–Trinajstić information content (AvgIpc) is 3.02. The largest absolute Gasteiger partial charge is 0.385 e. The molecule has 3 heterocycles. The van der Waals surface area contributed by atoms with Gasteiger partial charge in [-0.05, 0) is 30.9 Å². The predicted octanol–water partition coefficient (Wildman–Crippen LogP) is 1.07. The van der Waals surface area contributed by atoms with E-state index in [4.69, 9.17) is 0 Å². The van der Waals surface area contributed by atoms with Crippen molar-refractivity contribution in [3.63, 3.8) is 0 Å². The van der Waals surface area contributed by atoms with Crippen molar-refractivity contribution in [3.05, 3.63) is 29.7 Å². The molecule has 1 aliphatic heterocycles. The third-order valence-electron chi connectivity index (χ3n) is 4.96. The first-order valence-electron chi connectivity index (χ1n) is 8.70. The minimum Gasteiger partial charge on any atom is -0.385 e. The minimum absolute atomic E-state index is 0.0337. The van der Waals surface area contributed by atoms with Gasteiger partial charge in [-0.1, -0.05) is 13.8 Å². The van der Waals surface area contributed by atoms with Crippen molar-refractivity contribution in [2.45, 2.75) is 38.8 Å². The lowest BCUT2D eigenvalue weighted by molar-refractivity contribution is 0.0721. The summed E-state index contributed by atoms with van der Waals surface area (Å²) >= 11 is 0. The molecule has 0 spiro atoms. The summed E-state index contributed by atoms with van der Waals surface area (Å²) in [6, 6.07) is 3.27. The Hall–Kier alpha value is -2.00. The van der Waals surface area contributed by atoms with Crippen LogP contribution in [0, 0.1) is 5.92 Å². The lowest BCUT2D eigenvalue weighted by Gasteiger charge is -2.31. The maximum atomic E-state index is 12.8. The summed E-state index contributed by atoms with van der Waals surface area (Å²) in [5.41, 5.74) is 1.01. The number of sulfone groups is 1. The van der Waals surface area contributed by atoms with Crippen LogP contribution in [0.15, 0.2) is 18.3 Å². The van der Waals surface area contributed by atoms with E-state index < -0.39 is 15.9 Å². The number of nitrogens with zero attached hydrogens (tertiary/aromatic N) is 4.